The highest BCUT2D eigenvalue weighted by Crippen LogP contribution is 2.34. The van der Waals surface area contributed by atoms with Crippen LogP contribution in [0.15, 0.2) is 29.2 Å². The predicted octanol–water partition coefficient (Wildman–Crippen LogP) is 3.24. The summed E-state index contributed by atoms with van der Waals surface area (Å²) in [6.45, 7) is 4.53. The molecule has 7 heteroatoms. The molecule has 0 atom stereocenters. The Kier molecular flexibility index (Phi) is 6.81. The highest BCUT2D eigenvalue weighted by molar-refractivity contribution is 8.26. The first kappa shape index (κ1) is 18.5. The molecular formula is C17H19NO4S2. The van der Waals surface area contributed by atoms with Crippen LogP contribution in [0.25, 0.3) is 6.08 Å². The van der Waals surface area contributed by atoms with Crippen LogP contribution in [0, 0.1) is 0 Å². The Morgan fingerprint density at radius 3 is 2.79 bits per heavy atom. The van der Waals surface area contributed by atoms with Crippen molar-refractivity contribution in [1.29, 1.82) is 0 Å². The lowest BCUT2D eigenvalue weighted by Gasteiger charge is -2.13. The number of hydrogen-bond donors (Lipinski definition) is 0. The maximum atomic E-state index is 12.5. The molecule has 24 heavy (non-hydrogen) atoms. The van der Waals surface area contributed by atoms with Crippen LogP contribution in [0.5, 0.6) is 5.75 Å². The maximum Gasteiger partial charge on any atom is 0.326 e. The Labute approximate surface area is 151 Å². The third kappa shape index (κ3) is 4.58. The Bertz CT molecular complexity index is 672. The second kappa shape index (κ2) is 8.84. The molecule has 1 aliphatic rings. The lowest BCUT2D eigenvalue weighted by Crippen LogP contribution is -2.34. The van der Waals surface area contributed by atoms with Gasteiger partial charge in [-0.3, -0.25) is 14.5 Å². The number of nitrogens with zero attached hydrogens (tertiary/aromatic N) is 1. The molecule has 0 aromatic heterocycles. The molecule has 0 spiro atoms. The van der Waals surface area contributed by atoms with Gasteiger partial charge in [-0.15, -0.1) is 0 Å². The second-order valence-corrected chi connectivity index (χ2v) is 6.63. The van der Waals surface area contributed by atoms with Gasteiger partial charge in [0.05, 0.1) is 18.1 Å². The van der Waals surface area contributed by atoms with E-state index in [4.69, 9.17) is 21.7 Å². The number of thiocarbonyl (C=S) groups is 1. The Morgan fingerprint density at radius 2 is 2.08 bits per heavy atom. The van der Waals surface area contributed by atoms with Gasteiger partial charge in [0, 0.05) is 5.56 Å². The maximum absolute atomic E-state index is 12.5. The molecule has 1 aromatic carbocycles. The van der Waals surface area contributed by atoms with E-state index in [1.807, 2.05) is 38.1 Å². The van der Waals surface area contributed by atoms with Crippen LogP contribution in [0.3, 0.4) is 0 Å². The number of para-hydroxylation sites is 1. The Hall–Kier alpha value is -1.86. The van der Waals surface area contributed by atoms with Gasteiger partial charge in [0.15, 0.2) is 0 Å². The van der Waals surface area contributed by atoms with Gasteiger partial charge in [-0.1, -0.05) is 49.1 Å². The monoisotopic (exact) mass is 365 g/mol. The largest absolute Gasteiger partial charge is 0.493 e. The zero-order valence-electron chi connectivity index (χ0n) is 13.6. The summed E-state index contributed by atoms with van der Waals surface area (Å²) >= 11 is 6.39. The molecule has 1 aliphatic heterocycles. The van der Waals surface area contributed by atoms with Gasteiger partial charge in [-0.2, -0.15) is 0 Å². The fourth-order valence-corrected chi connectivity index (χ4v) is 3.30. The molecule has 0 radical (unpaired) electrons. The third-order valence-electron chi connectivity index (χ3n) is 3.13. The van der Waals surface area contributed by atoms with Crippen molar-refractivity contribution in [3.63, 3.8) is 0 Å². The van der Waals surface area contributed by atoms with E-state index in [9.17, 15) is 9.59 Å². The number of amides is 1. The van der Waals surface area contributed by atoms with Crippen molar-refractivity contribution in [3.8, 4) is 5.75 Å². The SMILES string of the molecule is CCCOC(=O)CN1C(=O)C(=Cc2ccccc2OCC)SC1=S. The fraction of sp³-hybridized carbons (Fsp3) is 0.353. The highest BCUT2D eigenvalue weighted by atomic mass is 32.2. The van der Waals surface area contributed by atoms with Crippen molar-refractivity contribution in [3.05, 3.63) is 34.7 Å². The minimum Gasteiger partial charge on any atom is -0.493 e. The molecule has 128 valence electrons. The summed E-state index contributed by atoms with van der Waals surface area (Å²) in [7, 11) is 0. The van der Waals surface area contributed by atoms with Crippen LogP contribution in [0.4, 0.5) is 0 Å². The van der Waals surface area contributed by atoms with Crippen LogP contribution in [-0.4, -0.2) is 40.9 Å². The van der Waals surface area contributed by atoms with E-state index in [0.717, 1.165) is 12.0 Å². The summed E-state index contributed by atoms with van der Waals surface area (Å²) in [6, 6.07) is 7.46. The summed E-state index contributed by atoms with van der Waals surface area (Å²) in [6.07, 6.45) is 2.47. The molecule has 0 saturated carbocycles. The van der Waals surface area contributed by atoms with Gasteiger partial charge in [-0.05, 0) is 25.5 Å². The molecule has 0 bridgehead atoms. The number of rotatable bonds is 7. The van der Waals surface area contributed by atoms with Crippen LogP contribution in [-0.2, 0) is 14.3 Å². The number of carbonyl (C=O) groups is 2. The summed E-state index contributed by atoms with van der Waals surface area (Å²) in [5.74, 6) is -0.0403. The molecule has 1 saturated heterocycles. The number of benzene rings is 1. The van der Waals surface area contributed by atoms with E-state index in [1.54, 1.807) is 6.08 Å². The molecule has 1 fully saturated rings. The topological polar surface area (TPSA) is 55.8 Å². The Balaban J connectivity index is 2.15. The van der Waals surface area contributed by atoms with E-state index in [1.165, 1.54) is 16.7 Å². The summed E-state index contributed by atoms with van der Waals surface area (Å²) in [5, 5.41) is 0. The molecule has 0 aliphatic carbocycles. The van der Waals surface area contributed by atoms with Gasteiger partial charge in [0.2, 0.25) is 0 Å². The van der Waals surface area contributed by atoms with Crippen molar-refractivity contribution in [2.75, 3.05) is 19.8 Å². The molecule has 0 N–H and O–H groups in total. The predicted molar refractivity (Wildman–Crippen MR) is 98.7 cm³/mol. The zero-order chi connectivity index (χ0) is 17.5. The van der Waals surface area contributed by atoms with Crippen molar-refractivity contribution in [2.24, 2.45) is 0 Å². The highest BCUT2D eigenvalue weighted by Gasteiger charge is 2.33. The first-order chi connectivity index (χ1) is 11.6. The van der Waals surface area contributed by atoms with Gasteiger partial charge in [-0.25, -0.2) is 0 Å². The van der Waals surface area contributed by atoms with Crippen molar-refractivity contribution < 1.29 is 19.1 Å². The van der Waals surface area contributed by atoms with Gasteiger partial charge in [0.25, 0.3) is 5.91 Å². The number of carbonyl (C=O) groups excluding carboxylic acids is 2. The molecule has 5 nitrogen and oxygen atoms in total. The van der Waals surface area contributed by atoms with Crippen LogP contribution < -0.4 is 4.74 Å². The smallest absolute Gasteiger partial charge is 0.326 e. The number of hydrogen-bond acceptors (Lipinski definition) is 6. The van der Waals surface area contributed by atoms with Gasteiger partial charge in [0.1, 0.15) is 16.6 Å². The minimum atomic E-state index is -0.455. The van der Waals surface area contributed by atoms with Gasteiger partial charge >= 0.3 is 5.97 Å². The normalized spacial score (nSPS) is 15.9. The van der Waals surface area contributed by atoms with Gasteiger partial charge < -0.3 is 9.47 Å². The Morgan fingerprint density at radius 1 is 1.33 bits per heavy atom. The van der Waals surface area contributed by atoms with E-state index in [2.05, 4.69) is 0 Å². The molecule has 1 aromatic rings. The zero-order valence-corrected chi connectivity index (χ0v) is 15.2. The van der Waals surface area contributed by atoms with Crippen molar-refractivity contribution in [1.82, 2.24) is 4.90 Å². The third-order valence-corrected chi connectivity index (χ3v) is 4.51. The van der Waals surface area contributed by atoms with Crippen molar-refractivity contribution in [2.45, 2.75) is 20.3 Å². The number of esters is 1. The molecule has 0 unspecified atom stereocenters. The molecule has 2 rings (SSSR count). The van der Waals surface area contributed by atoms with E-state index in [-0.39, 0.29) is 12.5 Å². The van der Waals surface area contributed by atoms with Crippen LogP contribution in [0.2, 0.25) is 0 Å². The molecular weight excluding hydrogens is 346 g/mol. The quantitative estimate of drug-likeness (QED) is 0.420. The summed E-state index contributed by atoms with van der Waals surface area (Å²) in [5.41, 5.74) is 0.799. The first-order valence-corrected chi connectivity index (χ1v) is 8.92. The van der Waals surface area contributed by atoms with Crippen LogP contribution in [0.1, 0.15) is 25.8 Å². The van der Waals surface area contributed by atoms with E-state index >= 15 is 0 Å². The minimum absolute atomic E-state index is 0.158. The number of ether oxygens (including phenoxy) is 2. The van der Waals surface area contributed by atoms with Crippen LogP contribution >= 0.6 is 24.0 Å². The molecule has 1 heterocycles. The lowest BCUT2D eigenvalue weighted by atomic mass is 10.2. The summed E-state index contributed by atoms with van der Waals surface area (Å²) < 4.78 is 10.9. The number of thioether (sulfide) groups is 1. The van der Waals surface area contributed by atoms with Crippen molar-refractivity contribution >= 4 is 46.3 Å². The standard InChI is InChI=1S/C17H19NO4S2/c1-3-9-22-15(19)11-18-16(20)14(24-17(18)23)10-12-7-5-6-8-13(12)21-4-2/h5-8,10H,3-4,9,11H2,1-2H3. The second-order valence-electron chi connectivity index (χ2n) is 4.96. The first-order valence-electron chi connectivity index (χ1n) is 7.69. The van der Waals surface area contributed by atoms with E-state index < -0.39 is 5.97 Å². The van der Waals surface area contributed by atoms with E-state index in [0.29, 0.717) is 28.2 Å². The average molecular weight is 365 g/mol. The lowest BCUT2D eigenvalue weighted by molar-refractivity contribution is -0.146. The average Bonchev–Trinajstić information content (AvgIpc) is 2.82. The fourth-order valence-electron chi connectivity index (χ4n) is 2.05. The summed E-state index contributed by atoms with van der Waals surface area (Å²) in [4.78, 5) is 26.0. The molecule has 1 amide bonds.